The average molecular weight is 417 g/mol. The van der Waals surface area contributed by atoms with Crippen molar-refractivity contribution in [2.75, 3.05) is 13.2 Å². The predicted molar refractivity (Wildman–Crippen MR) is 85.9 cm³/mol. The fraction of sp³-hybridized carbons (Fsp3) is 0.143. The molecule has 0 fully saturated rings. The predicted octanol–water partition coefficient (Wildman–Crippen LogP) is 4.58. The van der Waals surface area contributed by atoms with Gasteiger partial charge in [-0.3, -0.25) is 10.1 Å². The summed E-state index contributed by atoms with van der Waals surface area (Å²) in [5.74, 6) is 1.16. The van der Waals surface area contributed by atoms with Gasteiger partial charge in [-0.25, -0.2) is 0 Å². The van der Waals surface area contributed by atoms with E-state index in [0.29, 0.717) is 23.4 Å². The molecule has 0 aromatic heterocycles. The minimum Gasteiger partial charge on any atom is -0.490 e. The van der Waals surface area contributed by atoms with Gasteiger partial charge >= 0.3 is 0 Å². The van der Waals surface area contributed by atoms with E-state index in [9.17, 15) is 10.1 Å². The van der Waals surface area contributed by atoms with Crippen LogP contribution in [0.2, 0.25) is 0 Å². The zero-order valence-electron chi connectivity index (χ0n) is 10.8. The molecule has 21 heavy (non-hydrogen) atoms. The number of hydrogen-bond donors (Lipinski definition) is 0. The van der Waals surface area contributed by atoms with E-state index in [0.717, 1.165) is 10.2 Å². The highest BCUT2D eigenvalue weighted by molar-refractivity contribution is 9.10. The zero-order chi connectivity index (χ0) is 15.2. The van der Waals surface area contributed by atoms with Crippen LogP contribution in [0.5, 0.6) is 11.5 Å². The largest absolute Gasteiger partial charge is 0.490 e. The highest BCUT2D eigenvalue weighted by atomic mass is 79.9. The second-order valence-electron chi connectivity index (χ2n) is 4.05. The van der Waals surface area contributed by atoms with Crippen molar-refractivity contribution in [3.63, 3.8) is 0 Å². The van der Waals surface area contributed by atoms with Crippen molar-refractivity contribution in [3.8, 4) is 11.5 Å². The van der Waals surface area contributed by atoms with E-state index in [1.165, 1.54) is 12.1 Å². The van der Waals surface area contributed by atoms with Gasteiger partial charge in [-0.05, 0) is 30.3 Å². The molecule has 0 N–H and O–H groups in total. The van der Waals surface area contributed by atoms with E-state index in [4.69, 9.17) is 9.47 Å². The summed E-state index contributed by atoms with van der Waals surface area (Å²) in [7, 11) is 0. The first-order chi connectivity index (χ1) is 10.0. The third kappa shape index (κ3) is 5.02. The summed E-state index contributed by atoms with van der Waals surface area (Å²) < 4.78 is 12.5. The van der Waals surface area contributed by atoms with Crippen LogP contribution < -0.4 is 9.47 Å². The van der Waals surface area contributed by atoms with Crippen LogP contribution in [-0.4, -0.2) is 18.1 Å². The molecule has 0 saturated carbocycles. The Morgan fingerprint density at radius 2 is 1.52 bits per heavy atom. The van der Waals surface area contributed by atoms with Crippen LogP contribution in [0.25, 0.3) is 0 Å². The number of nitro benzene ring substituents is 1. The van der Waals surface area contributed by atoms with Crippen molar-refractivity contribution in [1.82, 2.24) is 0 Å². The van der Waals surface area contributed by atoms with Crippen LogP contribution in [-0.2, 0) is 0 Å². The number of non-ortho nitro benzene ring substituents is 1. The molecule has 110 valence electrons. The van der Waals surface area contributed by atoms with Gasteiger partial charge in [0.2, 0.25) is 0 Å². The van der Waals surface area contributed by atoms with Crippen molar-refractivity contribution in [2.45, 2.75) is 0 Å². The van der Waals surface area contributed by atoms with E-state index < -0.39 is 4.92 Å². The Bertz CT molecular complexity index is 631. The number of nitro groups is 1. The van der Waals surface area contributed by atoms with Gasteiger partial charge in [-0.1, -0.05) is 31.9 Å². The Morgan fingerprint density at radius 1 is 0.905 bits per heavy atom. The minimum absolute atomic E-state index is 0.0202. The third-order valence-corrected chi connectivity index (χ3v) is 3.49. The van der Waals surface area contributed by atoms with Gasteiger partial charge in [0.05, 0.1) is 11.0 Å². The maximum Gasteiger partial charge on any atom is 0.274 e. The number of benzene rings is 2. The van der Waals surface area contributed by atoms with Gasteiger partial charge < -0.3 is 9.47 Å². The van der Waals surface area contributed by atoms with E-state index >= 15 is 0 Å². The van der Waals surface area contributed by atoms with Crippen LogP contribution in [0, 0.1) is 10.1 Å². The standard InChI is InChI=1S/C14H11Br2NO4/c15-10-1-3-13(4-2-10)20-5-6-21-14-8-11(16)7-12(9-14)17(18)19/h1-4,7-9H,5-6H2. The van der Waals surface area contributed by atoms with Gasteiger partial charge in [-0.2, -0.15) is 0 Å². The van der Waals surface area contributed by atoms with Crippen LogP contribution in [0.3, 0.4) is 0 Å². The Hall–Kier alpha value is -1.60. The summed E-state index contributed by atoms with van der Waals surface area (Å²) in [5.41, 5.74) is -0.0202. The smallest absolute Gasteiger partial charge is 0.274 e. The Morgan fingerprint density at radius 3 is 2.14 bits per heavy atom. The van der Waals surface area contributed by atoms with Gasteiger partial charge in [0.25, 0.3) is 5.69 Å². The molecule has 5 nitrogen and oxygen atoms in total. The summed E-state index contributed by atoms with van der Waals surface area (Å²) >= 11 is 6.56. The number of rotatable bonds is 6. The quantitative estimate of drug-likeness (QED) is 0.393. The summed E-state index contributed by atoms with van der Waals surface area (Å²) in [6.45, 7) is 0.644. The Balaban J connectivity index is 1.86. The summed E-state index contributed by atoms with van der Waals surface area (Å²) in [6.07, 6.45) is 0. The summed E-state index contributed by atoms with van der Waals surface area (Å²) in [6, 6.07) is 11.9. The molecule has 0 aliphatic rings. The van der Waals surface area contributed by atoms with Gasteiger partial charge in [0.1, 0.15) is 24.7 Å². The molecule has 2 rings (SSSR count). The Labute approximate surface area is 138 Å². The molecule has 0 aliphatic carbocycles. The maximum absolute atomic E-state index is 10.7. The van der Waals surface area contributed by atoms with E-state index in [-0.39, 0.29) is 5.69 Å². The first-order valence-corrected chi connectivity index (χ1v) is 7.59. The van der Waals surface area contributed by atoms with Crippen molar-refractivity contribution < 1.29 is 14.4 Å². The van der Waals surface area contributed by atoms with Gasteiger partial charge in [0, 0.05) is 15.0 Å². The molecule has 0 atom stereocenters. The molecule has 0 amide bonds. The summed E-state index contributed by atoms with van der Waals surface area (Å²) in [4.78, 5) is 10.3. The van der Waals surface area contributed by atoms with Crippen molar-refractivity contribution in [2.24, 2.45) is 0 Å². The molecule has 2 aromatic carbocycles. The second-order valence-corrected chi connectivity index (χ2v) is 5.88. The van der Waals surface area contributed by atoms with E-state index in [1.54, 1.807) is 6.07 Å². The van der Waals surface area contributed by atoms with E-state index in [2.05, 4.69) is 31.9 Å². The molecule has 0 radical (unpaired) electrons. The molecule has 7 heteroatoms. The second kappa shape index (κ2) is 7.42. The third-order valence-electron chi connectivity index (χ3n) is 2.50. The number of nitrogens with zero attached hydrogens (tertiary/aromatic N) is 1. The zero-order valence-corrected chi connectivity index (χ0v) is 14.0. The Kier molecular flexibility index (Phi) is 5.58. The van der Waals surface area contributed by atoms with Gasteiger partial charge in [0.15, 0.2) is 0 Å². The normalized spacial score (nSPS) is 10.2. The molecule has 0 unspecified atom stereocenters. The molecular formula is C14H11Br2NO4. The van der Waals surface area contributed by atoms with Crippen LogP contribution in [0.4, 0.5) is 5.69 Å². The van der Waals surface area contributed by atoms with Crippen LogP contribution in [0.15, 0.2) is 51.4 Å². The molecule has 0 spiro atoms. The highest BCUT2D eigenvalue weighted by Gasteiger charge is 2.09. The van der Waals surface area contributed by atoms with Crippen LogP contribution >= 0.6 is 31.9 Å². The maximum atomic E-state index is 10.7. The molecule has 0 aliphatic heterocycles. The van der Waals surface area contributed by atoms with Crippen molar-refractivity contribution in [1.29, 1.82) is 0 Å². The molecule has 2 aromatic rings. The van der Waals surface area contributed by atoms with Crippen molar-refractivity contribution >= 4 is 37.5 Å². The SMILES string of the molecule is O=[N+]([O-])c1cc(Br)cc(OCCOc2ccc(Br)cc2)c1. The molecular weight excluding hydrogens is 406 g/mol. The fourth-order valence-corrected chi connectivity index (χ4v) is 2.31. The fourth-order valence-electron chi connectivity index (χ4n) is 1.59. The monoisotopic (exact) mass is 415 g/mol. The minimum atomic E-state index is -0.462. The number of ether oxygens (including phenoxy) is 2. The highest BCUT2D eigenvalue weighted by Crippen LogP contribution is 2.26. The summed E-state index contributed by atoms with van der Waals surface area (Å²) in [5, 5.41) is 10.7. The van der Waals surface area contributed by atoms with E-state index in [1.807, 2.05) is 24.3 Å². The number of halogens is 2. The number of hydrogen-bond acceptors (Lipinski definition) is 4. The molecule has 0 bridgehead atoms. The first-order valence-electron chi connectivity index (χ1n) is 6.01. The lowest BCUT2D eigenvalue weighted by atomic mass is 10.3. The lowest BCUT2D eigenvalue weighted by molar-refractivity contribution is -0.385. The first kappa shape index (κ1) is 15.8. The molecule has 0 saturated heterocycles. The average Bonchev–Trinajstić information content (AvgIpc) is 2.45. The lowest BCUT2D eigenvalue weighted by Crippen LogP contribution is -2.09. The van der Waals surface area contributed by atoms with Gasteiger partial charge in [-0.15, -0.1) is 0 Å². The lowest BCUT2D eigenvalue weighted by Gasteiger charge is -2.08. The van der Waals surface area contributed by atoms with Crippen molar-refractivity contribution in [3.05, 3.63) is 61.5 Å². The topological polar surface area (TPSA) is 61.6 Å². The molecule has 0 heterocycles. The van der Waals surface area contributed by atoms with Crippen LogP contribution in [0.1, 0.15) is 0 Å².